The minimum Gasteiger partial charge on any atom is -0.275 e. The van der Waals surface area contributed by atoms with Crippen LogP contribution >= 0.6 is 0 Å². The molecule has 3 aromatic carbocycles. The van der Waals surface area contributed by atoms with E-state index in [9.17, 15) is 0 Å². The van der Waals surface area contributed by atoms with Gasteiger partial charge in [0.1, 0.15) is 0 Å². The summed E-state index contributed by atoms with van der Waals surface area (Å²) in [7, 11) is 0. The molecule has 0 aliphatic heterocycles. The van der Waals surface area contributed by atoms with Crippen molar-refractivity contribution in [1.29, 1.82) is 0 Å². The van der Waals surface area contributed by atoms with Crippen molar-refractivity contribution in [1.82, 2.24) is 24.7 Å². The third-order valence-corrected chi connectivity index (χ3v) is 5.99. The maximum absolute atomic E-state index is 4.62. The quantitative estimate of drug-likeness (QED) is 0.292. The van der Waals surface area contributed by atoms with E-state index in [1.165, 1.54) is 0 Å². The van der Waals surface area contributed by atoms with Crippen LogP contribution in [-0.2, 0) is 0 Å². The van der Waals surface area contributed by atoms with Gasteiger partial charge in [0, 0.05) is 41.6 Å². The largest absolute Gasteiger partial charge is 0.275 e. The zero-order chi connectivity index (χ0) is 23.5. The molecule has 5 heteroatoms. The molecule has 0 atom stereocenters. The van der Waals surface area contributed by atoms with Gasteiger partial charge in [-0.3, -0.25) is 14.5 Å². The van der Waals surface area contributed by atoms with Gasteiger partial charge in [-0.1, -0.05) is 66.7 Å². The Labute approximate surface area is 203 Å². The average Bonchev–Trinajstić information content (AvgIpc) is 3.40. The first-order valence-corrected chi connectivity index (χ1v) is 11.4. The Bertz CT molecular complexity index is 1440. The van der Waals surface area contributed by atoms with E-state index in [-0.39, 0.29) is 0 Å². The van der Waals surface area contributed by atoms with Crippen molar-refractivity contribution in [2.45, 2.75) is 0 Å². The predicted molar refractivity (Wildman–Crippen MR) is 139 cm³/mol. The predicted octanol–water partition coefficient (Wildman–Crippen LogP) is 6.73. The Morgan fingerprint density at radius 3 is 1.17 bits per heavy atom. The highest BCUT2D eigenvalue weighted by atomic mass is 15.3. The highest BCUT2D eigenvalue weighted by molar-refractivity contribution is 5.72. The first-order chi connectivity index (χ1) is 17.4. The number of pyridine rings is 2. The number of benzene rings is 3. The van der Waals surface area contributed by atoms with Crippen LogP contribution in [-0.4, -0.2) is 24.7 Å². The highest BCUT2D eigenvalue weighted by Gasteiger charge is 2.17. The molecule has 6 aromatic rings. The van der Waals surface area contributed by atoms with Crippen LogP contribution < -0.4 is 0 Å². The zero-order valence-electron chi connectivity index (χ0n) is 18.9. The number of nitrogens with zero attached hydrogens (tertiary/aromatic N) is 5. The van der Waals surface area contributed by atoms with E-state index in [0.29, 0.717) is 0 Å². The SMILES string of the molecule is c1ccc(-n2c(-c3ccc(-c4ccncc4)cc3)nnc2-c2ccc(-c3ccncc3)cc2)cc1. The van der Waals surface area contributed by atoms with Gasteiger partial charge < -0.3 is 0 Å². The van der Waals surface area contributed by atoms with Gasteiger partial charge in [0.25, 0.3) is 0 Å². The van der Waals surface area contributed by atoms with Crippen molar-refractivity contribution < 1.29 is 0 Å². The van der Waals surface area contributed by atoms with Crippen LogP contribution in [0, 0.1) is 0 Å². The minimum atomic E-state index is 0.797. The fourth-order valence-electron chi connectivity index (χ4n) is 4.19. The molecule has 0 bridgehead atoms. The third kappa shape index (κ3) is 4.11. The molecule has 0 aliphatic rings. The molecule has 0 spiro atoms. The summed E-state index contributed by atoms with van der Waals surface area (Å²) in [6.45, 7) is 0. The summed E-state index contributed by atoms with van der Waals surface area (Å²) in [6, 6.07) is 35.1. The Morgan fingerprint density at radius 2 is 0.743 bits per heavy atom. The molecule has 0 saturated carbocycles. The van der Waals surface area contributed by atoms with E-state index in [1.807, 2.05) is 67.3 Å². The van der Waals surface area contributed by atoms with Gasteiger partial charge in [-0.2, -0.15) is 0 Å². The molecule has 0 fully saturated rings. The number of hydrogen-bond acceptors (Lipinski definition) is 4. The minimum absolute atomic E-state index is 0.797. The Morgan fingerprint density at radius 1 is 0.371 bits per heavy atom. The van der Waals surface area contributed by atoms with Crippen LogP contribution in [0.5, 0.6) is 0 Å². The van der Waals surface area contributed by atoms with Crippen molar-refractivity contribution in [2.24, 2.45) is 0 Å². The number of aromatic nitrogens is 5. The maximum atomic E-state index is 4.62. The van der Waals surface area contributed by atoms with Gasteiger partial charge in [-0.15, -0.1) is 10.2 Å². The van der Waals surface area contributed by atoms with E-state index in [2.05, 4.69) is 85.4 Å². The molecule has 0 saturated heterocycles. The lowest BCUT2D eigenvalue weighted by Gasteiger charge is -2.12. The van der Waals surface area contributed by atoms with Crippen molar-refractivity contribution in [3.05, 3.63) is 128 Å². The smallest absolute Gasteiger partial charge is 0.168 e. The first kappa shape index (κ1) is 20.7. The zero-order valence-corrected chi connectivity index (χ0v) is 18.9. The molecule has 166 valence electrons. The summed E-state index contributed by atoms with van der Waals surface area (Å²) >= 11 is 0. The van der Waals surface area contributed by atoms with Gasteiger partial charge in [0.15, 0.2) is 11.6 Å². The van der Waals surface area contributed by atoms with Crippen molar-refractivity contribution in [3.63, 3.8) is 0 Å². The topological polar surface area (TPSA) is 56.5 Å². The second-order valence-electron chi connectivity index (χ2n) is 8.14. The second kappa shape index (κ2) is 9.15. The summed E-state index contributed by atoms with van der Waals surface area (Å²) in [4.78, 5) is 8.22. The maximum Gasteiger partial charge on any atom is 0.168 e. The lowest BCUT2D eigenvalue weighted by atomic mass is 10.0. The molecular formula is C30H21N5. The first-order valence-electron chi connectivity index (χ1n) is 11.4. The molecule has 3 aromatic heterocycles. The van der Waals surface area contributed by atoms with Crippen LogP contribution in [0.15, 0.2) is 128 Å². The molecule has 3 heterocycles. The van der Waals surface area contributed by atoms with Crippen LogP contribution in [0.3, 0.4) is 0 Å². The summed E-state index contributed by atoms with van der Waals surface area (Å²) in [5, 5.41) is 9.23. The van der Waals surface area contributed by atoms with Gasteiger partial charge in [-0.25, -0.2) is 0 Å². The molecule has 0 unspecified atom stereocenters. The normalized spacial score (nSPS) is 10.9. The molecule has 6 rings (SSSR count). The van der Waals surface area contributed by atoms with Crippen LogP contribution in [0.4, 0.5) is 0 Å². The van der Waals surface area contributed by atoms with E-state index in [0.717, 1.165) is 50.7 Å². The summed E-state index contributed by atoms with van der Waals surface area (Å²) in [5.74, 6) is 1.59. The fraction of sp³-hybridized carbons (Fsp3) is 0. The summed E-state index contributed by atoms with van der Waals surface area (Å²) in [5.41, 5.74) is 7.54. The van der Waals surface area contributed by atoms with E-state index >= 15 is 0 Å². The van der Waals surface area contributed by atoms with Gasteiger partial charge in [0.2, 0.25) is 0 Å². The lowest BCUT2D eigenvalue weighted by Crippen LogP contribution is -2.00. The van der Waals surface area contributed by atoms with Crippen LogP contribution in [0.2, 0.25) is 0 Å². The molecule has 35 heavy (non-hydrogen) atoms. The average molecular weight is 452 g/mol. The fourth-order valence-corrected chi connectivity index (χ4v) is 4.19. The molecule has 0 amide bonds. The van der Waals surface area contributed by atoms with E-state index < -0.39 is 0 Å². The number of rotatable bonds is 5. The Kier molecular flexibility index (Phi) is 5.41. The van der Waals surface area contributed by atoms with Crippen molar-refractivity contribution >= 4 is 0 Å². The monoisotopic (exact) mass is 451 g/mol. The van der Waals surface area contributed by atoms with Crippen molar-refractivity contribution in [2.75, 3.05) is 0 Å². The third-order valence-electron chi connectivity index (χ3n) is 5.99. The second-order valence-corrected chi connectivity index (χ2v) is 8.14. The van der Waals surface area contributed by atoms with Gasteiger partial charge >= 0.3 is 0 Å². The van der Waals surface area contributed by atoms with E-state index in [4.69, 9.17) is 0 Å². The molecule has 0 N–H and O–H groups in total. The van der Waals surface area contributed by atoms with E-state index in [1.54, 1.807) is 0 Å². The number of para-hydroxylation sites is 1. The lowest BCUT2D eigenvalue weighted by molar-refractivity contribution is 1.07. The van der Waals surface area contributed by atoms with Crippen LogP contribution in [0.1, 0.15) is 0 Å². The molecule has 0 aliphatic carbocycles. The summed E-state index contributed by atoms with van der Waals surface area (Å²) in [6.07, 6.45) is 7.23. The van der Waals surface area contributed by atoms with Gasteiger partial charge in [-0.05, 0) is 58.7 Å². The van der Waals surface area contributed by atoms with Crippen LogP contribution in [0.25, 0.3) is 50.7 Å². The molecular weight excluding hydrogens is 430 g/mol. The molecule has 5 nitrogen and oxygen atoms in total. The molecule has 0 radical (unpaired) electrons. The Balaban J connectivity index is 1.42. The standard InChI is InChI=1S/C30H21N5/c1-2-4-28(5-3-1)35-29(26-10-6-22(7-11-26)24-14-18-31-19-15-24)33-34-30(35)27-12-8-23(9-13-27)25-16-20-32-21-17-25/h1-21H. The van der Waals surface area contributed by atoms with Gasteiger partial charge in [0.05, 0.1) is 0 Å². The number of hydrogen-bond donors (Lipinski definition) is 0. The van der Waals surface area contributed by atoms with Crippen molar-refractivity contribution in [3.8, 4) is 50.7 Å². The highest BCUT2D eigenvalue weighted by Crippen LogP contribution is 2.31. The Hall–Kier alpha value is -4.90. The summed E-state index contributed by atoms with van der Waals surface area (Å²) < 4.78 is 2.11.